The Morgan fingerprint density at radius 1 is 1.30 bits per heavy atom. The highest BCUT2D eigenvalue weighted by molar-refractivity contribution is 7.89. The van der Waals surface area contributed by atoms with Crippen LogP contribution in [0.3, 0.4) is 0 Å². The van der Waals surface area contributed by atoms with Crippen molar-refractivity contribution in [1.82, 2.24) is 14.5 Å². The maximum atomic E-state index is 15.0. The molecule has 7 nitrogen and oxygen atoms in total. The Labute approximate surface area is 170 Å². The fourth-order valence-corrected chi connectivity index (χ4v) is 5.57. The lowest BCUT2D eigenvalue weighted by molar-refractivity contribution is 0.0161. The molecule has 2 heterocycles. The van der Waals surface area contributed by atoms with Crippen molar-refractivity contribution in [2.45, 2.75) is 30.2 Å². The van der Waals surface area contributed by atoms with Crippen molar-refractivity contribution in [3.8, 4) is 11.1 Å². The molecule has 1 aliphatic rings. The monoisotopic (exact) mass is 440 g/mol. The number of nitrogens with two attached hydrogens (primary N) is 1. The molecule has 1 atom stereocenters. The number of nitrogens with one attached hydrogen (secondary N) is 1. The van der Waals surface area contributed by atoms with Crippen LogP contribution in [0.15, 0.2) is 35.2 Å². The number of H-pyrrole nitrogens is 1. The lowest BCUT2D eigenvalue weighted by atomic mass is 9.97. The number of anilines is 1. The minimum absolute atomic E-state index is 0.138. The predicted octanol–water partition coefficient (Wildman–Crippen LogP) is 2.65. The molecule has 1 saturated heterocycles. The summed E-state index contributed by atoms with van der Waals surface area (Å²) in [5, 5.41) is 16.6. The molecule has 1 unspecified atom stereocenters. The molecule has 0 aliphatic carbocycles. The van der Waals surface area contributed by atoms with E-state index in [2.05, 4.69) is 10.2 Å². The van der Waals surface area contributed by atoms with Gasteiger partial charge in [0.15, 0.2) is 5.82 Å². The zero-order valence-corrected chi connectivity index (χ0v) is 16.7. The maximum Gasteiger partial charge on any atom is 0.263 e. The first kappa shape index (κ1) is 20.6. The van der Waals surface area contributed by atoms with Gasteiger partial charge in [-0.3, -0.25) is 5.10 Å². The number of nitrogen functional groups attached to an aromatic ring is 1. The molecule has 30 heavy (non-hydrogen) atoms. The van der Waals surface area contributed by atoms with Crippen LogP contribution in [0.2, 0.25) is 0 Å². The first-order valence-electron chi connectivity index (χ1n) is 9.09. The fraction of sp³-hybridized carbons (Fsp3) is 0.316. The largest absolute Gasteiger partial charge is 0.395 e. The summed E-state index contributed by atoms with van der Waals surface area (Å²) in [6.07, 6.45) is -0.783. The number of aliphatic hydroxyl groups is 1. The first-order valence-corrected chi connectivity index (χ1v) is 10.5. The number of hydrogen-bond donors (Lipinski definition) is 3. The lowest BCUT2D eigenvalue weighted by Gasteiger charge is -2.22. The predicted molar refractivity (Wildman–Crippen MR) is 105 cm³/mol. The van der Waals surface area contributed by atoms with E-state index in [4.69, 9.17) is 5.73 Å². The molecule has 1 aromatic heterocycles. The van der Waals surface area contributed by atoms with Gasteiger partial charge in [-0.15, -0.1) is 0 Å². The van der Waals surface area contributed by atoms with Crippen LogP contribution in [0.25, 0.3) is 22.0 Å². The van der Waals surface area contributed by atoms with Crippen molar-refractivity contribution in [1.29, 1.82) is 0 Å². The van der Waals surface area contributed by atoms with Crippen molar-refractivity contribution in [3.05, 3.63) is 41.7 Å². The van der Waals surface area contributed by atoms with Gasteiger partial charge in [0.2, 0.25) is 10.0 Å². The number of rotatable bonds is 4. The average molecular weight is 440 g/mol. The van der Waals surface area contributed by atoms with Crippen molar-refractivity contribution in [2.24, 2.45) is 0 Å². The number of nitrogens with zero attached hydrogens (tertiary/aromatic N) is 2. The second-order valence-corrected chi connectivity index (χ2v) is 9.25. The van der Waals surface area contributed by atoms with Gasteiger partial charge in [0.05, 0.1) is 29.6 Å². The molecule has 0 bridgehead atoms. The first-order chi connectivity index (χ1) is 14.0. The number of fused-ring (bicyclic) bond motifs is 1. The average Bonchev–Trinajstić information content (AvgIpc) is 3.22. The third-order valence-corrected chi connectivity index (χ3v) is 7.29. The van der Waals surface area contributed by atoms with Crippen molar-refractivity contribution < 1.29 is 26.7 Å². The van der Waals surface area contributed by atoms with Crippen LogP contribution in [0.4, 0.5) is 19.0 Å². The van der Waals surface area contributed by atoms with E-state index >= 15 is 0 Å². The molecular weight excluding hydrogens is 421 g/mol. The molecule has 2 aromatic carbocycles. The van der Waals surface area contributed by atoms with Gasteiger partial charge < -0.3 is 10.8 Å². The van der Waals surface area contributed by atoms with Gasteiger partial charge in [0.1, 0.15) is 5.82 Å². The third-order valence-electron chi connectivity index (χ3n) is 5.39. The van der Waals surface area contributed by atoms with Gasteiger partial charge in [-0.05, 0) is 36.2 Å². The second kappa shape index (κ2) is 6.96. The Balaban J connectivity index is 1.76. The number of benzene rings is 2. The van der Waals surface area contributed by atoms with E-state index in [0.717, 1.165) is 6.07 Å². The van der Waals surface area contributed by atoms with Crippen LogP contribution >= 0.6 is 0 Å². The van der Waals surface area contributed by atoms with Crippen LogP contribution in [-0.2, 0) is 10.0 Å². The molecule has 160 valence electrons. The summed E-state index contributed by atoms with van der Waals surface area (Å²) in [6, 6.07) is 5.34. The molecule has 0 radical (unpaired) electrons. The van der Waals surface area contributed by atoms with E-state index in [1.165, 1.54) is 12.1 Å². The summed E-state index contributed by atoms with van der Waals surface area (Å²) < 4.78 is 68.6. The van der Waals surface area contributed by atoms with E-state index in [9.17, 15) is 26.7 Å². The molecule has 3 aromatic rings. The highest BCUT2D eigenvalue weighted by Gasteiger charge is 2.49. The quantitative estimate of drug-likeness (QED) is 0.578. The van der Waals surface area contributed by atoms with E-state index in [1.807, 2.05) is 0 Å². The topological polar surface area (TPSA) is 112 Å². The third kappa shape index (κ3) is 3.22. The highest BCUT2D eigenvalue weighted by atomic mass is 32.2. The Morgan fingerprint density at radius 2 is 2.00 bits per heavy atom. The zero-order chi connectivity index (χ0) is 21.8. The van der Waals surface area contributed by atoms with Gasteiger partial charge in [-0.2, -0.15) is 9.40 Å². The van der Waals surface area contributed by atoms with E-state index in [0.29, 0.717) is 26.3 Å². The lowest BCUT2D eigenvalue weighted by Crippen LogP contribution is -2.38. The van der Waals surface area contributed by atoms with Crippen LogP contribution in [-0.4, -0.2) is 53.1 Å². The molecule has 11 heteroatoms. The Kier molecular flexibility index (Phi) is 4.79. The standard InChI is InChI=1S/C19H19F3N4O3S/c1-10-13(4-5-16-17(10)18(23)25-24-16)14-3-2-12(6-15(14)20)30(28,29)26-9-19(21,22)7-11(26)8-27/h2-6,11,27H,7-9H2,1H3,(H3,23,24,25). The van der Waals surface area contributed by atoms with Crippen LogP contribution in [0, 0.1) is 12.7 Å². The van der Waals surface area contributed by atoms with E-state index in [-0.39, 0.29) is 11.4 Å². The highest BCUT2D eigenvalue weighted by Crippen LogP contribution is 2.37. The minimum Gasteiger partial charge on any atom is -0.395 e. The van der Waals surface area contributed by atoms with Crippen molar-refractivity contribution in [2.75, 3.05) is 18.9 Å². The molecule has 1 fully saturated rings. The van der Waals surface area contributed by atoms with Crippen LogP contribution in [0.5, 0.6) is 0 Å². The minimum atomic E-state index is -4.42. The summed E-state index contributed by atoms with van der Waals surface area (Å²) in [7, 11) is -4.42. The van der Waals surface area contributed by atoms with Gasteiger partial charge >= 0.3 is 0 Å². The number of sulfonamides is 1. The molecular formula is C19H19F3N4O3S. The molecule has 0 amide bonds. The Morgan fingerprint density at radius 3 is 2.67 bits per heavy atom. The number of alkyl halides is 2. The summed E-state index contributed by atoms with van der Waals surface area (Å²) in [5.74, 6) is -3.82. The summed E-state index contributed by atoms with van der Waals surface area (Å²) in [6.45, 7) is -0.0635. The number of aliphatic hydroxyl groups excluding tert-OH is 1. The van der Waals surface area contributed by atoms with Gasteiger partial charge in [0.25, 0.3) is 5.92 Å². The van der Waals surface area contributed by atoms with E-state index in [1.54, 1.807) is 19.1 Å². The smallest absolute Gasteiger partial charge is 0.263 e. The number of aromatic amines is 1. The number of aryl methyl sites for hydroxylation is 1. The molecule has 4 N–H and O–H groups in total. The van der Waals surface area contributed by atoms with Gasteiger partial charge in [0, 0.05) is 17.4 Å². The number of halogens is 3. The summed E-state index contributed by atoms with van der Waals surface area (Å²) in [4.78, 5) is -0.457. The number of aromatic nitrogens is 2. The number of hydrogen-bond acceptors (Lipinski definition) is 5. The Hall–Kier alpha value is -2.63. The van der Waals surface area contributed by atoms with Crippen molar-refractivity contribution >= 4 is 26.7 Å². The fourth-order valence-electron chi connectivity index (χ4n) is 3.92. The van der Waals surface area contributed by atoms with Crippen molar-refractivity contribution in [3.63, 3.8) is 0 Å². The zero-order valence-electron chi connectivity index (χ0n) is 15.9. The molecule has 0 saturated carbocycles. The maximum absolute atomic E-state index is 15.0. The molecule has 0 spiro atoms. The second-order valence-electron chi connectivity index (χ2n) is 7.36. The molecule has 4 rings (SSSR count). The molecule has 1 aliphatic heterocycles. The van der Waals surface area contributed by atoms with Gasteiger partial charge in [-0.1, -0.05) is 12.1 Å². The summed E-state index contributed by atoms with van der Waals surface area (Å²) in [5.41, 5.74) is 7.83. The van der Waals surface area contributed by atoms with E-state index < -0.39 is 52.3 Å². The van der Waals surface area contributed by atoms with Crippen LogP contribution in [0.1, 0.15) is 12.0 Å². The normalized spacial score (nSPS) is 19.6. The van der Waals surface area contributed by atoms with Crippen LogP contribution < -0.4 is 5.73 Å². The summed E-state index contributed by atoms with van der Waals surface area (Å²) >= 11 is 0. The SMILES string of the molecule is Cc1c(-c2ccc(S(=O)(=O)N3CC(F)(F)CC3CO)cc2F)ccc2[nH]nc(N)c12. The Bertz CT molecular complexity index is 1240. The van der Waals surface area contributed by atoms with Gasteiger partial charge in [-0.25, -0.2) is 21.6 Å².